The molecule has 2 aromatic rings. The largest absolute Gasteiger partial charge is 0.480 e. The highest BCUT2D eigenvalue weighted by molar-refractivity contribution is 5.81. The first-order chi connectivity index (χ1) is 12.3. The number of rotatable bonds is 8. The molecular weight excluding hydrogens is 341 g/mol. The van der Waals surface area contributed by atoms with Crippen molar-refractivity contribution in [3.63, 3.8) is 0 Å². The smallest absolute Gasteiger partial charge is 0.323 e. The van der Waals surface area contributed by atoms with Crippen LogP contribution in [-0.2, 0) is 16.0 Å². The van der Waals surface area contributed by atoms with Crippen LogP contribution in [-0.4, -0.2) is 45.1 Å². The van der Waals surface area contributed by atoms with Gasteiger partial charge in [-0.1, -0.05) is 31.1 Å². The summed E-state index contributed by atoms with van der Waals surface area (Å²) in [5.41, 5.74) is 1.01. The Kier molecular flexibility index (Phi) is 6.43. The van der Waals surface area contributed by atoms with Crippen LogP contribution in [0, 0.1) is 18.7 Å². The summed E-state index contributed by atoms with van der Waals surface area (Å²) in [6.07, 6.45) is 0.248. The lowest BCUT2D eigenvalue weighted by atomic mass is 10.1. The maximum absolute atomic E-state index is 13.6. The number of carbonyl (C=O) groups is 2. The fraction of sp³-hybridized carbons (Fsp3) is 0.444. The van der Waals surface area contributed by atoms with E-state index in [1.807, 2.05) is 13.8 Å². The van der Waals surface area contributed by atoms with Gasteiger partial charge in [-0.25, -0.2) is 4.39 Å². The zero-order valence-corrected chi connectivity index (χ0v) is 15.0. The van der Waals surface area contributed by atoms with E-state index in [-0.39, 0.29) is 48.7 Å². The number of hydrogen-bond acceptors (Lipinski definition) is 5. The van der Waals surface area contributed by atoms with Gasteiger partial charge >= 0.3 is 5.97 Å². The van der Waals surface area contributed by atoms with E-state index in [9.17, 15) is 14.0 Å². The minimum absolute atomic E-state index is 0.0594. The minimum Gasteiger partial charge on any atom is -0.480 e. The first kappa shape index (κ1) is 19.6. The van der Waals surface area contributed by atoms with E-state index in [0.717, 1.165) is 0 Å². The molecule has 0 bridgehead atoms. The molecule has 0 aliphatic heterocycles. The molecule has 1 aromatic heterocycles. The topological polar surface area (TPSA) is 96.5 Å². The lowest BCUT2D eigenvalue weighted by Crippen LogP contribution is -2.38. The molecule has 140 valence electrons. The van der Waals surface area contributed by atoms with Gasteiger partial charge in [-0.2, -0.15) is 4.98 Å². The number of aliphatic carboxylic acids is 1. The van der Waals surface area contributed by atoms with Crippen LogP contribution in [0.4, 0.5) is 4.39 Å². The first-order valence-corrected chi connectivity index (χ1v) is 8.35. The third kappa shape index (κ3) is 5.37. The van der Waals surface area contributed by atoms with Gasteiger partial charge in [0, 0.05) is 24.9 Å². The standard InChI is InChI=1S/C18H22FN3O4/c1-11(2)9-22(10-17(24)25)16(23)7-6-15-20-18(21-26-15)13-5-4-12(3)14(19)8-13/h4-5,8,11H,6-7,9-10H2,1-3H3,(H,24,25). The van der Waals surface area contributed by atoms with E-state index in [0.29, 0.717) is 17.7 Å². The van der Waals surface area contributed by atoms with Crippen LogP contribution in [0.1, 0.15) is 31.7 Å². The van der Waals surface area contributed by atoms with Gasteiger partial charge in [0.1, 0.15) is 12.4 Å². The molecule has 0 saturated heterocycles. The summed E-state index contributed by atoms with van der Waals surface area (Å²) in [6, 6.07) is 4.64. The molecule has 7 nitrogen and oxygen atoms in total. The summed E-state index contributed by atoms with van der Waals surface area (Å²) in [5, 5.41) is 12.7. The molecule has 0 atom stereocenters. The maximum atomic E-state index is 13.6. The van der Waals surface area contributed by atoms with E-state index >= 15 is 0 Å². The van der Waals surface area contributed by atoms with Crippen molar-refractivity contribution >= 4 is 11.9 Å². The third-order valence-electron chi connectivity index (χ3n) is 3.72. The molecular formula is C18H22FN3O4. The number of nitrogens with zero attached hydrogens (tertiary/aromatic N) is 3. The number of amides is 1. The van der Waals surface area contributed by atoms with E-state index in [4.69, 9.17) is 9.63 Å². The van der Waals surface area contributed by atoms with Crippen molar-refractivity contribution in [2.75, 3.05) is 13.1 Å². The lowest BCUT2D eigenvalue weighted by molar-refractivity contribution is -0.144. The van der Waals surface area contributed by atoms with Crippen LogP contribution in [0.2, 0.25) is 0 Å². The second-order valence-electron chi connectivity index (χ2n) is 6.54. The van der Waals surface area contributed by atoms with Crippen molar-refractivity contribution in [3.8, 4) is 11.4 Å². The number of halogens is 1. The fourth-order valence-corrected chi connectivity index (χ4v) is 2.44. The van der Waals surface area contributed by atoms with E-state index in [1.165, 1.54) is 11.0 Å². The summed E-state index contributed by atoms with van der Waals surface area (Å²) in [7, 11) is 0. The molecule has 0 saturated carbocycles. The van der Waals surface area contributed by atoms with Crippen LogP contribution in [0.3, 0.4) is 0 Å². The highest BCUT2D eigenvalue weighted by Gasteiger charge is 2.19. The number of carboxylic acids is 1. The Morgan fingerprint density at radius 3 is 2.69 bits per heavy atom. The van der Waals surface area contributed by atoms with Crippen LogP contribution >= 0.6 is 0 Å². The van der Waals surface area contributed by atoms with Gasteiger partial charge in [0.05, 0.1) is 0 Å². The van der Waals surface area contributed by atoms with Gasteiger partial charge < -0.3 is 14.5 Å². The number of carbonyl (C=O) groups excluding carboxylic acids is 1. The van der Waals surface area contributed by atoms with Crippen molar-refractivity contribution < 1.29 is 23.6 Å². The molecule has 1 heterocycles. The van der Waals surface area contributed by atoms with Crippen LogP contribution < -0.4 is 0 Å². The summed E-state index contributed by atoms with van der Waals surface area (Å²) in [6.45, 7) is 5.50. The summed E-state index contributed by atoms with van der Waals surface area (Å²) in [5.74, 6) is -1.06. The molecule has 1 aromatic carbocycles. The normalized spacial score (nSPS) is 11.0. The van der Waals surface area contributed by atoms with Crippen molar-refractivity contribution in [1.82, 2.24) is 15.0 Å². The number of benzene rings is 1. The van der Waals surface area contributed by atoms with Gasteiger partial charge in [0.25, 0.3) is 0 Å². The first-order valence-electron chi connectivity index (χ1n) is 8.35. The molecule has 0 fully saturated rings. The summed E-state index contributed by atoms with van der Waals surface area (Å²) in [4.78, 5) is 28.7. The molecule has 26 heavy (non-hydrogen) atoms. The predicted molar refractivity (Wildman–Crippen MR) is 91.8 cm³/mol. The van der Waals surface area contributed by atoms with Crippen molar-refractivity contribution in [2.45, 2.75) is 33.6 Å². The number of carboxylic acid groups (broad SMARTS) is 1. The van der Waals surface area contributed by atoms with Gasteiger partial charge in [0.15, 0.2) is 0 Å². The van der Waals surface area contributed by atoms with Gasteiger partial charge in [-0.05, 0) is 24.5 Å². The highest BCUT2D eigenvalue weighted by Crippen LogP contribution is 2.19. The molecule has 2 rings (SSSR count). The maximum Gasteiger partial charge on any atom is 0.323 e. The Morgan fingerprint density at radius 1 is 1.35 bits per heavy atom. The van der Waals surface area contributed by atoms with Gasteiger partial charge in [-0.15, -0.1) is 0 Å². The molecule has 0 spiro atoms. The second kappa shape index (κ2) is 8.55. The molecule has 0 aliphatic carbocycles. The number of aromatic nitrogens is 2. The molecule has 0 radical (unpaired) electrons. The van der Waals surface area contributed by atoms with Crippen molar-refractivity contribution in [2.24, 2.45) is 5.92 Å². The average molecular weight is 363 g/mol. The van der Waals surface area contributed by atoms with Crippen LogP contribution in [0.25, 0.3) is 11.4 Å². The molecule has 1 N–H and O–H groups in total. The minimum atomic E-state index is -1.06. The summed E-state index contributed by atoms with van der Waals surface area (Å²) >= 11 is 0. The van der Waals surface area contributed by atoms with Crippen molar-refractivity contribution in [1.29, 1.82) is 0 Å². The Morgan fingerprint density at radius 2 is 2.08 bits per heavy atom. The molecule has 1 amide bonds. The Labute approximate surface area is 150 Å². The van der Waals surface area contributed by atoms with Crippen LogP contribution in [0.5, 0.6) is 0 Å². The number of hydrogen-bond donors (Lipinski definition) is 1. The molecule has 8 heteroatoms. The lowest BCUT2D eigenvalue weighted by Gasteiger charge is -2.22. The number of aryl methyl sites for hydroxylation is 2. The zero-order valence-electron chi connectivity index (χ0n) is 15.0. The third-order valence-corrected chi connectivity index (χ3v) is 3.72. The predicted octanol–water partition coefficient (Wildman–Crippen LogP) is 2.69. The second-order valence-corrected chi connectivity index (χ2v) is 6.54. The fourth-order valence-electron chi connectivity index (χ4n) is 2.44. The average Bonchev–Trinajstić information content (AvgIpc) is 3.02. The Hall–Kier alpha value is -2.77. The zero-order chi connectivity index (χ0) is 19.3. The van der Waals surface area contributed by atoms with E-state index < -0.39 is 5.97 Å². The molecule has 0 unspecified atom stereocenters. The van der Waals surface area contributed by atoms with Crippen LogP contribution in [0.15, 0.2) is 22.7 Å². The quantitative estimate of drug-likeness (QED) is 0.774. The highest BCUT2D eigenvalue weighted by atomic mass is 19.1. The van der Waals surface area contributed by atoms with E-state index in [1.54, 1.807) is 19.1 Å². The monoisotopic (exact) mass is 363 g/mol. The summed E-state index contributed by atoms with van der Waals surface area (Å²) < 4.78 is 18.7. The Bertz CT molecular complexity index is 788. The molecule has 0 aliphatic rings. The van der Waals surface area contributed by atoms with Gasteiger partial charge in [-0.3, -0.25) is 9.59 Å². The Balaban J connectivity index is 2.00. The van der Waals surface area contributed by atoms with Crippen molar-refractivity contribution in [3.05, 3.63) is 35.5 Å². The SMILES string of the molecule is Cc1ccc(-c2noc(CCC(=O)N(CC(=O)O)CC(C)C)n2)cc1F. The van der Waals surface area contributed by atoms with Gasteiger partial charge in [0.2, 0.25) is 17.6 Å². The van der Waals surface area contributed by atoms with E-state index in [2.05, 4.69) is 10.1 Å².